The quantitative estimate of drug-likeness (QED) is 0.622. The van der Waals surface area contributed by atoms with E-state index in [1.54, 1.807) is 37.3 Å². The van der Waals surface area contributed by atoms with E-state index in [4.69, 9.17) is 25.6 Å². The van der Waals surface area contributed by atoms with Crippen LogP contribution < -0.4 is 14.4 Å². The number of methoxy groups -OCH3 is 2. The van der Waals surface area contributed by atoms with Crippen molar-refractivity contribution in [1.29, 1.82) is 0 Å². The summed E-state index contributed by atoms with van der Waals surface area (Å²) in [4.78, 5) is 18.9. The minimum Gasteiger partial charge on any atom is -0.493 e. The van der Waals surface area contributed by atoms with E-state index in [9.17, 15) is 4.79 Å². The third-order valence-corrected chi connectivity index (χ3v) is 5.25. The molecule has 1 unspecified atom stereocenters. The van der Waals surface area contributed by atoms with Gasteiger partial charge in [-0.1, -0.05) is 22.8 Å². The molecule has 0 spiro atoms. The van der Waals surface area contributed by atoms with Crippen LogP contribution in [0.25, 0.3) is 11.4 Å². The van der Waals surface area contributed by atoms with Gasteiger partial charge in [0.05, 0.1) is 20.1 Å². The lowest BCUT2D eigenvalue weighted by molar-refractivity contribution is -0.117. The van der Waals surface area contributed by atoms with Crippen molar-refractivity contribution in [1.82, 2.24) is 10.1 Å². The summed E-state index contributed by atoms with van der Waals surface area (Å²) in [7, 11) is 3.15. The molecule has 0 aliphatic carbocycles. The van der Waals surface area contributed by atoms with Crippen molar-refractivity contribution >= 4 is 23.2 Å². The zero-order valence-corrected chi connectivity index (χ0v) is 17.1. The maximum absolute atomic E-state index is 12.6. The third kappa shape index (κ3) is 3.65. The summed E-state index contributed by atoms with van der Waals surface area (Å²) in [5.74, 6) is 1.90. The average Bonchev–Trinajstić information content (AvgIpc) is 3.36. The fourth-order valence-corrected chi connectivity index (χ4v) is 3.64. The van der Waals surface area contributed by atoms with Crippen LogP contribution in [0, 0.1) is 6.92 Å². The number of aromatic nitrogens is 2. The van der Waals surface area contributed by atoms with Gasteiger partial charge in [-0.25, -0.2) is 0 Å². The molecule has 7 nitrogen and oxygen atoms in total. The first-order chi connectivity index (χ1) is 14.0. The van der Waals surface area contributed by atoms with Crippen LogP contribution in [0.5, 0.6) is 11.5 Å². The Morgan fingerprint density at radius 2 is 1.93 bits per heavy atom. The van der Waals surface area contributed by atoms with Crippen LogP contribution in [0.15, 0.2) is 40.9 Å². The summed E-state index contributed by atoms with van der Waals surface area (Å²) in [5, 5.41) is 4.68. The molecule has 29 heavy (non-hydrogen) atoms. The van der Waals surface area contributed by atoms with E-state index in [2.05, 4.69) is 10.1 Å². The van der Waals surface area contributed by atoms with Crippen LogP contribution in [0.2, 0.25) is 5.02 Å². The number of hydrogen-bond donors (Lipinski definition) is 0. The zero-order valence-electron chi connectivity index (χ0n) is 16.3. The second-order valence-electron chi connectivity index (χ2n) is 6.86. The van der Waals surface area contributed by atoms with Gasteiger partial charge in [-0.15, -0.1) is 0 Å². The number of rotatable bonds is 5. The van der Waals surface area contributed by atoms with Crippen molar-refractivity contribution in [2.75, 3.05) is 25.7 Å². The number of ether oxygens (including phenoxy) is 2. The Bertz CT molecular complexity index is 1070. The predicted octanol–water partition coefficient (Wildman–Crippen LogP) is 4.24. The van der Waals surface area contributed by atoms with Gasteiger partial charge < -0.3 is 18.9 Å². The summed E-state index contributed by atoms with van der Waals surface area (Å²) < 4.78 is 16.1. The summed E-state index contributed by atoms with van der Waals surface area (Å²) in [6, 6.07) is 10.9. The lowest BCUT2D eigenvalue weighted by Gasteiger charge is -2.18. The second kappa shape index (κ2) is 7.75. The minimum atomic E-state index is -0.178. The Morgan fingerprint density at radius 1 is 1.14 bits per heavy atom. The number of aryl methyl sites for hydroxylation is 1. The van der Waals surface area contributed by atoms with E-state index in [1.807, 2.05) is 25.1 Å². The number of amides is 1. The van der Waals surface area contributed by atoms with Crippen molar-refractivity contribution in [3.8, 4) is 22.9 Å². The highest BCUT2D eigenvalue weighted by Crippen LogP contribution is 2.35. The Morgan fingerprint density at radius 3 is 2.69 bits per heavy atom. The predicted molar refractivity (Wildman–Crippen MR) is 109 cm³/mol. The lowest BCUT2D eigenvalue weighted by atomic mass is 10.1. The zero-order chi connectivity index (χ0) is 20.5. The van der Waals surface area contributed by atoms with Crippen molar-refractivity contribution in [2.24, 2.45) is 0 Å². The summed E-state index contributed by atoms with van der Waals surface area (Å²) >= 11 is 6.12. The molecule has 3 aromatic rings. The van der Waals surface area contributed by atoms with Gasteiger partial charge in [0.25, 0.3) is 0 Å². The van der Waals surface area contributed by atoms with Gasteiger partial charge in [-0.05, 0) is 42.8 Å². The highest BCUT2D eigenvalue weighted by molar-refractivity contribution is 6.31. The van der Waals surface area contributed by atoms with E-state index in [1.165, 1.54) is 0 Å². The van der Waals surface area contributed by atoms with E-state index < -0.39 is 0 Å². The van der Waals surface area contributed by atoms with Crippen molar-refractivity contribution in [3.63, 3.8) is 0 Å². The van der Waals surface area contributed by atoms with E-state index in [-0.39, 0.29) is 11.8 Å². The molecular weight excluding hydrogens is 394 g/mol. The molecule has 0 N–H and O–H groups in total. The highest BCUT2D eigenvalue weighted by Gasteiger charge is 2.35. The monoisotopic (exact) mass is 413 g/mol. The Balaban J connectivity index is 1.58. The molecule has 0 bridgehead atoms. The number of anilines is 1. The summed E-state index contributed by atoms with van der Waals surface area (Å²) in [5.41, 5.74) is 2.54. The average molecular weight is 414 g/mol. The fraction of sp³-hybridized carbons (Fsp3) is 0.286. The molecule has 1 atom stereocenters. The number of carbonyl (C=O) groups excluding carboxylic acids is 1. The number of nitrogens with zero attached hydrogens (tertiary/aromatic N) is 3. The first-order valence-electron chi connectivity index (χ1n) is 9.12. The summed E-state index contributed by atoms with van der Waals surface area (Å²) in [6.07, 6.45) is 0.305. The molecule has 0 saturated carbocycles. The smallest absolute Gasteiger partial charge is 0.232 e. The Labute approximate surface area is 173 Å². The largest absolute Gasteiger partial charge is 0.493 e. The maximum atomic E-state index is 12.6. The molecule has 2 heterocycles. The van der Waals surface area contributed by atoms with Crippen LogP contribution >= 0.6 is 11.6 Å². The first-order valence-corrected chi connectivity index (χ1v) is 9.50. The second-order valence-corrected chi connectivity index (χ2v) is 7.30. The highest BCUT2D eigenvalue weighted by atomic mass is 35.5. The summed E-state index contributed by atoms with van der Waals surface area (Å²) in [6.45, 7) is 2.42. The molecule has 1 aromatic heterocycles. The van der Waals surface area contributed by atoms with E-state index in [0.29, 0.717) is 41.2 Å². The maximum Gasteiger partial charge on any atom is 0.232 e. The van der Waals surface area contributed by atoms with Crippen LogP contribution in [0.4, 0.5) is 5.69 Å². The Kier molecular flexibility index (Phi) is 5.15. The van der Waals surface area contributed by atoms with Crippen LogP contribution in [-0.4, -0.2) is 36.8 Å². The molecule has 1 fully saturated rings. The molecule has 150 valence electrons. The van der Waals surface area contributed by atoms with Gasteiger partial charge in [-0.2, -0.15) is 4.98 Å². The number of benzene rings is 2. The van der Waals surface area contributed by atoms with Crippen LogP contribution in [0.1, 0.15) is 23.8 Å². The SMILES string of the molecule is COc1ccc(-c2noc(C3CC(=O)N(c4cc(Cl)ccc4C)C3)n2)cc1OC. The van der Waals surface area contributed by atoms with Crippen LogP contribution in [0.3, 0.4) is 0 Å². The Hall–Kier alpha value is -3.06. The molecule has 1 aliphatic rings. The van der Waals surface area contributed by atoms with Crippen molar-refractivity contribution < 1.29 is 18.8 Å². The minimum absolute atomic E-state index is 0.00577. The van der Waals surface area contributed by atoms with E-state index >= 15 is 0 Å². The molecule has 4 rings (SSSR count). The van der Waals surface area contributed by atoms with Gasteiger partial charge in [0.2, 0.25) is 17.6 Å². The number of halogens is 1. The van der Waals surface area contributed by atoms with Gasteiger partial charge in [0, 0.05) is 29.2 Å². The van der Waals surface area contributed by atoms with Crippen molar-refractivity contribution in [2.45, 2.75) is 19.3 Å². The number of carbonyl (C=O) groups is 1. The fourth-order valence-electron chi connectivity index (χ4n) is 3.47. The van der Waals surface area contributed by atoms with Crippen LogP contribution in [-0.2, 0) is 4.79 Å². The molecule has 1 saturated heterocycles. The number of hydrogen-bond acceptors (Lipinski definition) is 6. The lowest BCUT2D eigenvalue weighted by Crippen LogP contribution is -2.25. The molecule has 1 aliphatic heterocycles. The molecular formula is C21H20ClN3O4. The van der Waals surface area contributed by atoms with Gasteiger partial charge >= 0.3 is 0 Å². The van der Waals surface area contributed by atoms with Crippen molar-refractivity contribution in [3.05, 3.63) is 52.9 Å². The normalized spacial score (nSPS) is 16.3. The van der Waals surface area contributed by atoms with Gasteiger partial charge in [0.15, 0.2) is 11.5 Å². The van der Waals surface area contributed by atoms with Gasteiger partial charge in [-0.3, -0.25) is 4.79 Å². The third-order valence-electron chi connectivity index (χ3n) is 5.02. The first kappa shape index (κ1) is 19.3. The molecule has 0 radical (unpaired) electrons. The molecule has 8 heteroatoms. The van der Waals surface area contributed by atoms with E-state index in [0.717, 1.165) is 16.8 Å². The topological polar surface area (TPSA) is 77.7 Å². The van der Waals surface area contributed by atoms with Gasteiger partial charge in [0.1, 0.15) is 0 Å². The molecule has 1 amide bonds. The molecule has 2 aromatic carbocycles. The standard InChI is InChI=1S/C21H20ClN3O4/c1-12-4-6-15(22)10-16(12)25-11-14(9-19(25)26)21-23-20(24-29-21)13-5-7-17(27-2)18(8-13)28-3/h4-8,10,14H,9,11H2,1-3H3.